The van der Waals surface area contributed by atoms with E-state index >= 15 is 0 Å². The Bertz CT molecular complexity index is 1310. The highest BCUT2D eigenvalue weighted by atomic mass is 32.2. The number of aromatic nitrogens is 3. The fourth-order valence-corrected chi connectivity index (χ4v) is 5.00. The number of nitrogens with two attached hydrogens (primary N) is 1. The molecule has 0 amide bonds. The predicted molar refractivity (Wildman–Crippen MR) is 126 cm³/mol. The van der Waals surface area contributed by atoms with E-state index in [2.05, 4.69) is 25.5 Å². The first-order valence-electron chi connectivity index (χ1n) is 10.1. The number of sulfonamides is 1. The molecule has 0 saturated heterocycles. The molecule has 11 nitrogen and oxygen atoms in total. The largest absolute Gasteiger partial charge is 0.477 e. The molecule has 1 aromatic carbocycles. The van der Waals surface area contributed by atoms with Crippen molar-refractivity contribution < 1.29 is 18.3 Å². The average Bonchev–Trinajstić information content (AvgIpc) is 3.13. The molecule has 0 unspecified atom stereocenters. The lowest BCUT2D eigenvalue weighted by Crippen LogP contribution is -2.31. The maximum absolute atomic E-state index is 11.5. The minimum absolute atomic E-state index is 0.0658. The SMILES string of the molecule is CNc1nc(Nc2nc(C)c(C(=O)O)s2)nc2c1CCCN2Cc1ccc(S(N)(=O)=O)cc1. The minimum Gasteiger partial charge on any atom is -0.477 e. The summed E-state index contributed by atoms with van der Waals surface area (Å²) in [6.45, 7) is 2.93. The molecule has 5 N–H and O–H groups in total. The van der Waals surface area contributed by atoms with Crippen molar-refractivity contribution in [3.63, 3.8) is 0 Å². The zero-order valence-electron chi connectivity index (χ0n) is 18.0. The van der Waals surface area contributed by atoms with E-state index in [0.29, 0.717) is 29.1 Å². The third-order valence-corrected chi connectivity index (χ3v) is 7.20. The van der Waals surface area contributed by atoms with Crippen LogP contribution in [-0.2, 0) is 23.0 Å². The highest BCUT2D eigenvalue weighted by Crippen LogP contribution is 2.33. The maximum atomic E-state index is 11.5. The quantitative estimate of drug-likeness (QED) is 0.387. The number of primary sulfonamides is 1. The number of carboxylic acids is 1. The van der Waals surface area contributed by atoms with E-state index in [0.717, 1.165) is 47.7 Å². The van der Waals surface area contributed by atoms with Gasteiger partial charge < -0.3 is 15.3 Å². The number of thiazole rings is 1. The molecule has 1 aliphatic rings. The number of aryl methyl sites for hydroxylation is 1. The number of fused-ring (bicyclic) bond motifs is 1. The van der Waals surface area contributed by atoms with Gasteiger partial charge in [-0.25, -0.2) is 23.3 Å². The Kier molecular flexibility index (Phi) is 6.19. The molecule has 1 aliphatic heterocycles. The number of nitrogens with one attached hydrogen (secondary N) is 2. The molecule has 0 spiro atoms. The van der Waals surface area contributed by atoms with E-state index in [9.17, 15) is 18.3 Å². The smallest absolute Gasteiger partial charge is 0.347 e. The van der Waals surface area contributed by atoms with Gasteiger partial charge in [-0.1, -0.05) is 23.5 Å². The van der Waals surface area contributed by atoms with Gasteiger partial charge in [0.1, 0.15) is 16.5 Å². The molecule has 4 rings (SSSR count). The second kappa shape index (κ2) is 8.92. The molecule has 0 aliphatic carbocycles. The molecular formula is C20H23N7O4S2. The molecule has 3 heterocycles. The Hall–Kier alpha value is -3.29. The summed E-state index contributed by atoms with van der Waals surface area (Å²) in [5.41, 5.74) is 2.32. The Balaban J connectivity index is 1.64. The van der Waals surface area contributed by atoms with Crippen molar-refractivity contribution in [3.05, 3.63) is 46.0 Å². The van der Waals surface area contributed by atoms with Crippen molar-refractivity contribution in [3.8, 4) is 0 Å². The van der Waals surface area contributed by atoms with E-state index in [1.54, 1.807) is 26.1 Å². The molecule has 174 valence electrons. The number of benzene rings is 1. The summed E-state index contributed by atoms with van der Waals surface area (Å²) in [6.07, 6.45) is 1.73. The van der Waals surface area contributed by atoms with E-state index < -0.39 is 16.0 Å². The Morgan fingerprint density at radius 1 is 1.24 bits per heavy atom. The van der Waals surface area contributed by atoms with Crippen molar-refractivity contribution in [2.75, 3.05) is 29.1 Å². The second-order valence-corrected chi connectivity index (χ2v) is 10.1. The molecule has 0 fully saturated rings. The van der Waals surface area contributed by atoms with Crippen LogP contribution in [-0.4, -0.2) is 48.0 Å². The van der Waals surface area contributed by atoms with Crippen molar-refractivity contribution in [2.24, 2.45) is 5.14 Å². The average molecular weight is 490 g/mol. The summed E-state index contributed by atoms with van der Waals surface area (Å²) in [5.74, 6) is 0.717. The number of nitrogens with zero attached hydrogens (tertiary/aromatic N) is 4. The molecule has 0 bridgehead atoms. The van der Waals surface area contributed by atoms with E-state index in [1.807, 2.05) is 0 Å². The Morgan fingerprint density at radius 2 is 1.97 bits per heavy atom. The lowest BCUT2D eigenvalue weighted by Gasteiger charge is -2.31. The lowest BCUT2D eigenvalue weighted by molar-refractivity contribution is 0.0701. The molecule has 3 aromatic rings. The molecule has 0 saturated carbocycles. The third-order valence-electron chi connectivity index (χ3n) is 5.21. The normalized spacial score (nSPS) is 13.5. The van der Waals surface area contributed by atoms with Crippen molar-refractivity contribution in [1.82, 2.24) is 15.0 Å². The fourth-order valence-electron chi connectivity index (χ4n) is 3.68. The lowest BCUT2D eigenvalue weighted by atomic mass is 10.0. The van der Waals surface area contributed by atoms with Gasteiger partial charge in [0.25, 0.3) is 0 Å². The van der Waals surface area contributed by atoms with Crippen LogP contribution in [0.25, 0.3) is 0 Å². The number of hydrogen-bond acceptors (Lipinski definition) is 10. The summed E-state index contributed by atoms with van der Waals surface area (Å²) >= 11 is 1.02. The Morgan fingerprint density at radius 3 is 2.58 bits per heavy atom. The van der Waals surface area contributed by atoms with Gasteiger partial charge in [-0.05, 0) is 37.5 Å². The van der Waals surface area contributed by atoms with Crippen LogP contribution in [0.2, 0.25) is 0 Å². The van der Waals surface area contributed by atoms with Gasteiger partial charge in [0.15, 0.2) is 5.13 Å². The van der Waals surface area contributed by atoms with Crippen molar-refractivity contribution >= 4 is 50.0 Å². The van der Waals surface area contributed by atoms with Crippen LogP contribution in [0.4, 0.5) is 22.7 Å². The van der Waals surface area contributed by atoms with Crippen LogP contribution in [0.5, 0.6) is 0 Å². The van der Waals surface area contributed by atoms with E-state index in [4.69, 9.17) is 10.1 Å². The van der Waals surface area contributed by atoms with Crippen LogP contribution >= 0.6 is 11.3 Å². The summed E-state index contributed by atoms with van der Waals surface area (Å²) in [7, 11) is -1.96. The molecule has 13 heteroatoms. The number of hydrogen-bond donors (Lipinski definition) is 4. The van der Waals surface area contributed by atoms with Crippen LogP contribution in [0.15, 0.2) is 29.2 Å². The van der Waals surface area contributed by atoms with Crippen molar-refractivity contribution in [1.29, 1.82) is 0 Å². The fraction of sp³-hybridized carbons (Fsp3) is 0.300. The number of aromatic carboxylic acids is 1. The highest BCUT2D eigenvalue weighted by Gasteiger charge is 2.24. The number of carboxylic acid groups (broad SMARTS) is 1. The molecule has 0 radical (unpaired) electrons. The Labute approximate surface area is 194 Å². The monoisotopic (exact) mass is 489 g/mol. The van der Waals surface area contributed by atoms with Crippen LogP contribution in [0.1, 0.15) is 32.9 Å². The zero-order chi connectivity index (χ0) is 23.8. The van der Waals surface area contributed by atoms with Gasteiger partial charge in [0.05, 0.1) is 10.6 Å². The highest BCUT2D eigenvalue weighted by molar-refractivity contribution is 7.89. The standard InChI is InChI=1S/C20H23N7O4S2/c1-11-15(18(28)29)32-20(23-11)26-19-24-16(22-2)14-4-3-9-27(17(14)25-19)10-12-5-7-13(8-6-12)33(21,30)31/h5-8H,3-4,9-10H2,1-2H3,(H,28,29)(H2,21,30,31)(H2,22,23,24,25,26). The first-order valence-corrected chi connectivity index (χ1v) is 12.4. The predicted octanol–water partition coefficient (Wildman–Crippen LogP) is 2.33. The number of anilines is 4. The topological polar surface area (TPSA) is 163 Å². The second-order valence-electron chi connectivity index (χ2n) is 7.53. The number of rotatable bonds is 7. The van der Waals surface area contributed by atoms with Gasteiger partial charge in [0, 0.05) is 25.7 Å². The van der Waals surface area contributed by atoms with E-state index in [1.165, 1.54) is 12.1 Å². The molecule has 0 atom stereocenters. The summed E-state index contributed by atoms with van der Waals surface area (Å²) in [4.78, 5) is 27.2. The van der Waals surface area contributed by atoms with Crippen LogP contribution < -0.4 is 20.7 Å². The summed E-state index contributed by atoms with van der Waals surface area (Å²) < 4.78 is 23.0. The maximum Gasteiger partial charge on any atom is 0.347 e. The molecular weight excluding hydrogens is 466 g/mol. The minimum atomic E-state index is -3.74. The van der Waals surface area contributed by atoms with Gasteiger partial charge in [0.2, 0.25) is 16.0 Å². The van der Waals surface area contributed by atoms with Crippen LogP contribution in [0.3, 0.4) is 0 Å². The van der Waals surface area contributed by atoms with Gasteiger partial charge in [-0.3, -0.25) is 5.32 Å². The van der Waals surface area contributed by atoms with Crippen LogP contribution in [0, 0.1) is 6.92 Å². The van der Waals surface area contributed by atoms with E-state index in [-0.39, 0.29) is 9.77 Å². The first kappa shape index (κ1) is 22.9. The van der Waals surface area contributed by atoms with Gasteiger partial charge in [-0.15, -0.1) is 0 Å². The zero-order valence-corrected chi connectivity index (χ0v) is 19.6. The van der Waals surface area contributed by atoms with Crippen molar-refractivity contribution in [2.45, 2.75) is 31.2 Å². The number of carbonyl (C=O) groups is 1. The third kappa shape index (κ3) is 4.89. The summed E-state index contributed by atoms with van der Waals surface area (Å²) in [6, 6.07) is 6.46. The molecule has 33 heavy (non-hydrogen) atoms. The summed E-state index contributed by atoms with van der Waals surface area (Å²) in [5, 5.41) is 21.0. The van der Waals surface area contributed by atoms with Gasteiger partial charge >= 0.3 is 5.97 Å². The molecule has 2 aromatic heterocycles. The van der Waals surface area contributed by atoms with Gasteiger partial charge in [-0.2, -0.15) is 9.97 Å². The first-order chi connectivity index (χ1) is 15.7.